The van der Waals surface area contributed by atoms with Gasteiger partial charge in [-0.05, 0) is 49.5 Å². The molecule has 2 saturated heterocycles. The quantitative estimate of drug-likeness (QED) is 0.702. The van der Waals surface area contributed by atoms with Crippen LogP contribution in [-0.4, -0.2) is 54.6 Å². The van der Waals surface area contributed by atoms with Crippen molar-refractivity contribution in [2.24, 2.45) is 5.92 Å². The molecule has 0 aromatic heterocycles. The Morgan fingerprint density at radius 2 is 1.69 bits per heavy atom. The van der Waals surface area contributed by atoms with Crippen molar-refractivity contribution in [3.63, 3.8) is 0 Å². The van der Waals surface area contributed by atoms with E-state index in [1.54, 1.807) is 18.2 Å². The smallest absolute Gasteiger partial charge is 0.246 e. The van der Waals surface area contributed by atoms with Crippen LogP contribution in [0.2, 0.25) is 5.02 Å². The lowest BCUT2D eigenvalue weighted by Gasteiger charge is -2.33. The third kappa shape index (κ3) is 4.69. The number of likely N-dealkylation sites (tertiary alicyclic amines) is 2. The fourth-order valence-electron chi connectivity index (χ4n) is 4.25. The van der Waals surface area contributed by atoms with Crippen LogP contribution in [0.25, 0.3) is 6.08 Å². The Balaban J connectivity index is 1.30. The summed E-state index contributed by atoms with van der Waals surface area (Å²) in [7, 11) is 0. The summed E-state index contributed by atoms with van der Waals surface area (Å²) in [6, 6.07) is 3.56. The van der Waals surface area contributed by atoms with Crippen molar-refractivity contribution >= 4 is 29.5 Å². The zero-order valence-corrected chi connectivity index (χ0v) is 17.3. The number of benzene rings is 1. The third-order valence-corrected chi connectivity index (χ3v) is 6.22. The Morgan fingerprint density at radius 1 is 0.966 bits per heavy atom. The highest BCUT2D eigenvalue weighted by Gasteiger charge is 2.30. The van der Waals surface area contributed by atoms with Crippen LogP contribution in [0.15, 0.2) is 18.2 Å². The van der Waals surface area contributed by atoms with Crippen molar-refractivity contribution in [3.05, 3.63) is 28.8 Å². The van der Waals surface area contributed by atoms with Crippen molar-refractivity contribution in [1.29, 1.82) is 0 Å². The van der Waals surface area contributed by atoms with E-state index in [9.17, 15) is 9.59 Å². The summed E-state index contributed by atoms with van der Waals surface area (Å²) in [6.07, 6.45) is 9.44. The van der Waals surface area contributed by atoms with Crippen LogP contribution in [0.1, 0.15) is 44.1 Å². The molecule has 0 bridgehead atoms. The molecule has 0 N–H and O–H groups in total. The van der Waals surface area contributed by atoms with Gasteiger partial charge in [-0.25, -0.2) is 0 Å². The monoisotopic (exact) mass is 418 g/mol. The summed E-state index contributed by atoms with van der Waals surface area (Å²) in [5.74, 6) is 1.43. The first kappa shape index (κ1) is 20.1. The van der Waals surface area contributed by atoms with Crippen molar-refractivity contribution < 1.29 is 19.1 Å². The van der Waals surface area contributed by atoms with Gasteiger partial charge in [-0.15, -0.1) is 0 Å². The highest BCUT2D eigenvalue weighted by atomic mass is 35.5. The van der Waals surface area contributed by atoms with Gasteiger partial charge < -0.3 is 19.3 Å². The molecule has 2 fully saturated rings. The molecule has 7 heteroatoms. The molecule has 2 amide bonds. The summed E-state index contributed by atoms with van der Waals surface area (Å²) in [6.45, 7) is 3.18. The van der Waals surface area contributed by atoms with E-state index in [-0.39, 0.29) is 24.5 Å². The maximum absolute atomic E-state index is 12.8. The fraction of sp³-hybridized carbons (Fsp3) is 0.545. The van der Waals surface area contributed by atoms with Gasteiger partial charge in [0.2, 0.25) is 18.6 Å². The summed E-state index contributed by atoms with van der Waals surface area (Å²) < 4.78 is 10.7. The van der Waals surface area contributed by atoms with Crippen LogP contribution in [0.4, 0.5) is 0 Å². The van der Waals surface area contributed by atoms with Crippen LogP contribution in [0.5, 0.6) is 11.5 Å². The van der Waals surface area contributed by atoms with Gasteiger partial charge in [-0.3, -0.25) is 9.59 Å². The molecule has 1 aromatic rings. The molecule has 29 heavy (non-hydrogen) atoms. The number of carbonyl (C=O) groups excluding carboxylic acids is 2. The number of fused-ring (bicyclic) bond motifs is 1. The molecule has 0 saturated carbocycles. The minimum absolute atomic E-state index is 0.0422. The number of nitrogens with zero attached hydrogens (tertiary/aromatic N) is 2. The zero-order valence-electron chi connectivity index (χ0n) is 16.6. The lowest BCUT2D eigenvalue weighted by atomic mass is 9.95. The molecule has 0 atom stereocenters. The molecular weight excluding hydrogens is 392 g/mol. The lowest BCUT2D eigenvalue weighted by Crippen LogP contribution is -2.44. The average molecular weight is 419 g/mol. The number of ether oxygens (including phenoxy) is 2. The van der Waals surface area contributed by atoms with Crippen LogP contribution in [-0.2, 0) is 9.59 Å². The van der Waals surface area contributed by atoms with Gasteiger partial charge in [-0.1, -0.05) is 24.4 Å². The van der Waals surface area contributed by atoms with Gasteiger partial charge in [0, 0.05) is 38.2 Å². The molecule has 0 radical (unpaired) electrons. The molecule has 4 rings (SSSR count). The fourth-order valence-corrected chi connectivity index (χ4v) is 4.53. The second-order valence-corrected chi connectivity index (χ2v) is 8.32. The standard InChI is InChI=1S/C22H27ClN2O4/c23-18-13-16(14-19-21(18)29-15-28-19)5-6-20(26)24-11-7-17(8-12-24)22(27)25-9-3-1-2-4-10-25/h5-6,13-14,17H,1-4,7-12,15H2/b6-5+. The minimum atomic E-state index is -0.0422. The average Bonchev–Trinajstić information content (AvgIpc) is 3.05. The molecule has 0 unspecified atom stereocenters. The van der Waals surface area contributed by atoms with Crippen molar-refractivity contribution in [2.75, 3.05) is 33.0 Å². The number of amides is 2. The van der Waals surface area contributed by atoms with Gasteiger partial charge in [0.05, 0.1) is 5.02 Å². The molecule has 0 spiro atoms. The van der Waals surface area contributed by atoms with E-state index in [0.717, 1.165) is 44.3 Å². The molecular formula is C22H27ClN2O4. The second kappa shape index (κ2) is 9.08. The normalized spacial score (nSPS) is 20.2. The van der Waals surface area contributed by atoms with Crippen molar-refractivity contribution in [2.45, 2.75) is 38.5 Å². The van der Waals surface area contributed by atoms with E-state index in [0.29, 0.717) is 29.6 Å². The van der Waals surface area contributed by atoms with E-state index in [1.165, 1.54) is 12.8 Å². The Labute approximate surface area is 176 Å². The molecule has 1 aromatic carbocycles. The number of hydrogen-bond acceptors (Lipinski definition) is 4. The number of hydrogen-bond donors (Lipinski definition) is 0. The predicted molar refractivity (Wildman–Crippen MR) is 111 cm³/mol. The predicted octanol–water partition coefficient (Wildman–Crippen LogP) is 3.72. The number of carbonyl (C=O) groups is 2. The maximum atomic E-state index is 12.8. The van der Waals surface area contributed by atoms with Gasteiger partial charge in [0.15, 0.2) is 11.5 Å². The largest absolute Gasteiger partial charge is 0.454 e. The van der Waals surface area contributed by atoms with Gasteiger partial charge in [0.25, 0.3) is 0 Å². The molecule has 3 heterocycles. The Kier molecular flexibility index (Phi) is 6.28. The van der Waals surface area contributed by atoms with Gasteiger partial charge in [0.1, 0.15) is 0 Å². The first-order valence-electron chi connectivity index (χ1n) is 10.5. The van der Waals surface area contributed by atoms with E-state index < -0.39 is 0 Å². The Hall–Kier alpha value is -2.21. The number of rotatable bonds is 3. The summed E-state index contributed by atoms with van der Waals surface area (Å²) in [5.41, 5.74) is 0.791. The van der Waals surface area contributed by atoms with E-state index in [1.807, 2.05) is 15.9 Å². The molecule has 0 aliphatic carbocycles. The van der Waals surface area contributed by atoms with Crippen molar-refractivity contribution in [3.8, 4) is 11.5 Å². The summed E-state index contributed by atoms with van der Waals surface area (Å²) >= 11 is 6.19. The van der Waals surface area contributed by atoms with E-state index in [2.05, 4.69) is 0 Å². The Bertz CT molecular complexity index is 794. The lowest BCUT2D eigenvalue weighted by molar-refractivity contribution is -0.139. The van der Waals surface area contributed by atoms with E-state index >= 15 is 0 Å². The van der Waals surface area contributed by atoms with Crippen LogP contribution >= 0.6 is 11.6 Å². The SMILES string of the molecule is O=C(/C=C/c1cc(Cl)c2c(c1)OCO2)N1CCC(C(=O)N2CCCCCC2)CC1. The minimum Gasteiger partial charge on any atom is -0.454 e. The van der Waals surface area contributed by atoms with Crippen LogP contribution < -0.4 is 9.47 Å². The highest BCUT2D eigenvalue weighted by Crippen LogP contribution is 2.40. The molecule has 3 aliphatic rings. The summed E-state index contributed by atoms with van der Waals surface area (Å²) in [5, 5.41) is 0.472. The zero-order chi connectivity index (χ0) is 20.2. The topological polar surface area (TPSA) is 59.1 Å². The van der Waals surface area contributed by atoms with Crippen LogP contribution in [0, 0.1) is 5.92 Å². The van der Waals surface area contributed by atoms with Crippen LogP contribution in [0.3, 0.4) is 0 Å². The molecule has 156 valence electrons. The first-order chi connectivity index (χ1) is 14.1. The first-order valence-corrected chi connectivity index (χ1v) is 10.8. The van der Waals surface area contributed by atoms with Gasteiger partial charge >= 0.3 is 0 Å². The third-order valence-electron chi connectivity index (χ3n) is 5.94. The van der Waals surface area contributed by atoms with Crippen molar-refractivity contribution in [1.82, 2.24) is 9.80 Å². The Morgan fingerprint density at radius 3 is 2.41 bits per heavy atom. The summed E-state index contributed by atoms with van der Waals surface area (Å²) in [4.78, 5) is 29.2. The molecule has 3 aliphatic heterocycles. The second-order valence-electron chi connectivity index (χ2n) is 7.91. The van der Waals surface area contributed by atoms with Gasteiger partial charge in [-0.2, -0.15) is 0 Å². The maximum Gasteiger partial charge on any atom is 0.246 e. The molecule has 6 nitrogen and oxygen atoms in total. The van der Waals surface area contributed by atoms with E-state index in [4.69, 9.17) is 21.1 Å². The number of halogens is 1. The highest BCUT2D eigenvalue weighted by molar-refractivity contribution is 6.32. The number of piperidine rings is 1.